The fourth-order valence-corrected chi connectivity index (χ4v) is 4.86. The summed E-state index contributed by atoms with van der Waals surface area (Å²) in [5, 5.41) is 0. The Morgan fingerprint density at radius 2 is 1.96 bits per heavy atom. The lowest BCUT2D eigenvalue weighted by molar-refractivity contribution is -0.144. The van der Waals surface area contributed by atoms with Crippen LogP contribution in [0.4, 0.5) is 5.82 Å². The molecule has 1 amide bonds. The predicted octanol–water partition coefficient (Wildman–Crippen LogP) is 2.58. The highest BCUT2D eigenvalue weighted by Crippen LogP contribution is 2.63. The molecule has 3 saturated carbocycles. The lowest BCUT2D eigenvalue weighted by atomic mass is 9.68. The van der Waals surface area contributed by atoms with E-state index < -0.39 is 5.41 Å². The summed E-state index contributed by atoms with van der Waals surface area (Å²) in [5.74, 6) is 1.20. The summed E-state index contributed by atoms with van der Waals surface area (Å²) in [7, 11) is 0. The molecule has 0 spiro atoms. The quantitative estimate of drug-likeness (QED) is 0.655. The summed E-state index contributed by atoms with van der Waals surface area (Å²) in [6.45, 7) is 4.11. The minimum Gasteiger partial charge on any atom is -0.298 e. The SMILES string of the molecule is CC1(C)[C@@H]2CC[C@@]1(C(=O)NNc1nccnc1C1CCC1)C(=O)C2. The maximum atomic E-state index is 12.9. The molecule has 0 saturated heterocycles. The molecule has 3 aliphatic rings. The van der Waals surface area contributed by atoms with Crippen LogP contribution in [0.1, 0.15) is 64.0 Å². The van der Waals surface area contributed by atoms with E-state index in [2.05, 4.69) is 34.7 Å². The van der Waals surface area contributed by atoms with Crippen LogP contribution in [0.3, 0.4) is 0 Å². The van der Waals surface area contributed by atoms with E-state index in [1.165, 1.54) is 6.42 Å². The van der Waals surface area contributed by atoms with E-state index in [0.29, 0.717) is 30.5 Å². The van der Waals surface area contributed by atoms with Gasteiger partial charge >= 0.3 is 0 Å². The largest absolute Gasteiger partial charge is 0.298 e. The number of hydrazine groups is 1. The van der Waals surface area contributed by atoms with Crippen molar-refractivity contribution < 1.29 is 9.59 Å². The van der Waals surface area contributed by atoms with E-state index in [1.54, 1.807) is 12.4 Å². The zero-order valence-electron chi connectivity index (χ0n) is 14.3. The Hall–Kier alpha value is -1.98. The summed E-state index contributed by atoms with van der Waals surface area (Å²) in [4.78, 5) is 34.2. The third-order valence-corrected chi connectivity index (χ3v) is 6.80. The number of hydrogen-bond acceptors (Lipinski definition) is 5. The van der Waals surface area contributed by atoms with Crippen molar-refractivity contribution >= 4 is 17.5 Å². The van der Waals surface area contributed by atoms with Gasteiger partial charge in [0.25, 0.3) is 5.91 Å². The van der Waals surface area contributed by atoms with Gasteiger partial charge in [-0.3, -0.25) is 25.4 Å². The van der Waals surface area contributed by atoms with Crippen molar-refractivity contribution in [1.82, 2.24) is 15.4 Å². The Morgan fingerprint density at radius 1 is 1.21 bits per heavy atom. The van der Waals surface area contributed by atoms with Crippen molar-refractivity contribution in [3.05, 3.63) is 18.1 Å². The van der Waals surface area contributed by atoms with Crippen molar-refractivity contribution in [2.24, 2.45) is 16.7 Å². The highest BCUT2D eigenvalue weighted by molar-refractivity contribution is 6.09. The maximum absolute atomic E-state index is 12.9. The van der Waals surface area contributed by atoms with E-state index in [9.17, 15) is 9.59 Å². The summed E-state index contributed by atoms with van der Waals surface area (Å²) >= 11 is 0. The Morgan fingerprint density at radius 3 is 2.54 bits per heavy atom. The standard InChI is InChI=1S/C18H24N4O2/c1-17(2)12-6-7-18(17,13(23)10-12)16(24)22-21-15-14(11-4-3-5-11)19-8-9-20-15/h8-9,11-12H,3-7,10H2,1-2H3,(H,20,21)(H,22,24)/t12-,18+/m1/s1. The van der Waals surface area contributed by atoms with Gasteiger partial charge in [-0.05, 0) is 37.0 Å². The molecule has 0 radical (unpaired) electrons. The smallest absolute Gasteiger partial charge is 0.252 e. The summed E-state index contributed by atoms with van der Waals surface area (Å²) in [6.07, 6.45) is 8.85. The second-order valence-electron chi connectivity index (χ2n) is 7.99. The topological polar surface area (TPSA) is 84.0 Å². The molecule has 4 rings (SSSR count). The molecule has 3 aliphatic carbocycles. The van der Waals surface area contributed by atoms with Gasteiger partial charge in [0.05, 0.1) is 5.69 Å². The van der Waals surface area contributed by atoms with Gasteiger partial charge < -0.3 is 0 Å². The molecule has 0 aliphatic heterocycles. The number of amides is 1. The van der Waals surface area contributed by atoms with E-state index >= 15 is 0 Å². The van der Waals surface area contributed by atoms with Gasteiger partial charge in [-0.1, -0.05) is 20.3 Å². The normalized spacial score (nSPS) is 30.9. The van der Waals surface area contributed by atoms with Crippen molar-refractivity contribution in [2.75, 3.05) is 5.43 Å². The molecule has 1 aromatic heterocycles. The minimum absolute atomic E-state index is 0.0846. The van der Waals surface area contributed by atoms with Crippen LogP contribution < -0.4 is 10.9 Å². The van der Waals surface area contributed by atoms with Crippen LogP contribution in [0.5, 0.6) is 0 Å². The maximum Gasteiger partial charge on any atom is 0.252 e. The fraction of sp³-hybridized carbons (Fsp3) is 0.667. The number of aromatic nitrogens is 2. The van der Waals surface area contributed by atoms with Crippen LogP contribution in [0, 0.1) is 16.7 Å². The molecule has 24 heavy (non-hydrogen) atoms. The number of carbonyl (C=O) groups excluding carboxylic acids is 2. The van der Waals surface area contributed by atoms with E-state index in [-0.39, 0.29) is 17.1 Å². The molecular formula is C18H24N4O2. The summed E-state index contributed by atoms with van der Waals surface area (Å²) in [5.41, 5.74) is 5.45. The molecule has 2 atom stereocenters. The van der Waals surface area contributed by atoms with Crippen molar-refractivity contribution in [2.45, 2.75) is 58.3 Å². The second kappa shape index (κ2) is 5.26. The molecule has 3 fully saturated rings. The number of nitrogens with one attached hydrogen (secondary N) is 2. The molecule has 6 heteroatoms. The van der Waals surface area contributed by atoms with Gasteiger partial charge in [0.2, 0.25) is 0 Å². The molecule has 2 N–H and O–H groups in total. The Bertz CT molecular complexity index is 698. The first kappa shape index (κ1) is 15.5. The monoisotopic (exact) mass is 328 g/mol. The molecule has 1 aromatic rings. The highest BCUT2D eigenvalue weighted by atomic mass is 16.2. The van der Waals surface area contributed by atoms with Gasteiger partial charge in [-0.2, -0.15) is 0 Å². The van der Waals surface area contributed by atoms with Crippen molar-refractivity contribution in [1.29, 1.82) is 0 Å². The van der Waals surface area contributed by atoms with Gasteiger partial charge in [0.15, 0.2) is 5.82 Å². The molecule has 128 valence electrons. The molecule has 0 aromatic carbocycles. The van der Waals surface area contributed by atoms with Crippen LogP contribution in [0.2, 0.25) is 0 Å². The molecule has 1 heterocycles. The van der Waals surface area contributed by atoms with Crippen LogP contribution >= 0.6 is 0 Å². The Balaban J connectivity index is 1.53. The first-order valence-corrected chi connectivity index (χ1v) is 8.87. The average molecular weight is 328 g/mol. The minimum atomic E-state index is -0.899. The number of Topliss-reactive ketones (excluding diaryl/α,β-unsaturated/α-hetero) is 1. The van der Waals surface area contributed by atoms with Gasteiger partial charge in [-0.25, -0.2) is 4.98 Å². The Kier molecular flexibility index (Phi) is 3.41. The van der Waals surface area contributed by atoms with Crippen LogP contribution in [0.15, 0.2) is 12.4 Å². The number of rotatable bonds is 4. The number of carbonyl (C=O) groups is 2. The van der Waals surface area contributed by atoms with Crippen molar-refractivity contribution in [3.63, 3.8) is 0 Å². The van der Waals surface area contributed by atoms with E-state index in [1.807, 2.05) is 0 Å². The lowest BCUT2D eigenvalue weighted by Gasteiger charge is -2.35. The van der Waals surface area contributed by atoms with Gasteiger partial charge in [0.1, 0.15) is 11.2 Å². The first-order valence-electron chi connectivity index (χ1n) is 8.87. The number of hydrogen-bond donors (Lipinski definition) is 2. The lowest BCUT2D eigenvalue weighted by Crippen LogP contribution is -2.51. The highest BCUT2D eigenvalue weighted by Gasteiger charge is 2.68. The van der Waals surface area contributed by atoms with Crippen LogP contribution in [-0.4, -0.2) is 21.7 Å². The zero-order valence-corrected chi connectivity index (χ0v) is 14.3. The van der Waals surface area contributed by atoms with Gasteiger partial charge in [0, 0.05) is 24.7 Å². The van der Waals surface area contributed by atoms with Crippen LogP contribution in [0.25, 0.3) is 0 Å². The number of anilines is 1. The number of ketones is 1. The molecule has 0 unspecified atom stereocenters. The molecular weight excluding hydrogens is 304 g/mol. The first-order chi connectivity index (χ1) is 11.5. The Labute approximate surface area is 141 Å². The fourth-order valence-electron chi connectivity index (χ4n) is 4.86. The van der Waals surface area contributed by atoms with Gasteiger partial charge in [-0.15, -0.1) is 0 Å². The molecule has 2 bridgehead atoms. The van der Waals surface area contributed by atoms with Crippen LogP contribution in [-0.2, 0) is 9.59 Å². The van der Waals surface area contributed by atoms with E-state index in [0.717, 1.165) is 25.0 Å². The zero-order chi connectivity index (χ0) is 16.9. The molecule has 6 nitrogen and oxygen atoms in total. The third-order valence-electron chi connectivity index (χ3n) is 6.80. The van der Waals surface area contributed by atoms with E-state index in [4.69, 9.17) is 0 Å². The number of fused-ring (bicyclic) bond motifs is 2. The predicted molar refractivity (Wildman–Crippen MR) is 89.0 cm³/mol. The summed E-state index contributed by atoms with van der Waals surface area (Å²) < 4.78 is 0. The third kappa shape index (κ3) is 1.95. The number of nitrogens with zero attached hydrogens (tertiary/aromatic N) is 2. The average Bonchev–Trinajstić information content (AvgIpc) is 2.87. The van der Waals surface area contributed by atoms with Crippen molar-refractivity contribution in [3.8, 4) is 0 Å². The second-order valence-corrected chi connectivity index (χ2v) is 7.99. The summed E-state index contributed by atoms with van der Waals surface area (Å²) in [6, 6.07) is 0.